The molecule has 1 aliphatic carbocycles. The molecule has 3 N–H and O–H groups in total. The normalized spacial score (nSPS) is 23.3. The number of rotatable bonds is 3. The molecule has 0 unspecified atom stereocenters. The van der Waals surface area contributed by atoms with Crippen LogP contribution in [0.25, 0.3) is 0 Å². The number of halogens is 1. The van der Waals surface area contributed by atoms with Crippen LogP contribution < -0.4 is 11.1 Å². The molecule has 0 aromatic heterocycles. The van der Waals surface area contributed by atoms with Gasteiger partial charge in [0.2, 0.25) is 0 Å². The number of nitrogens with one attached hydrogen (secondary N) is 1. The molecule has 0 amide bonds. The molecule has 20 heavy (non-hydrogen) atoms. The maximum absolute atomic E-state index is 13.4. The van der Waals surface area contributed by atoms with Crippen molar-refractivity contribution in [1.29, 1.82) is 0 Å². The predicted octanol–water partition coefficient (Wildman–Crippen LogP) is 4.17. The van der Waals surface area contributed by atoms with Crippen molar-refractivity contribution in [2.45, 2.75) is 52.5 Å². The topological polar surface area (TPSA) is 38.0 Å². The molecule has 0 bridgehead atoms. The fourth-order valence-corrected chi connectivity index (χ4v) is 4.47. The smallest absolute Gasteiger partial charge is 0.125 e. The van der Waals surface area contributed by atoms with Crippen LogP contribution in [0, 0.1) is 16.6 Å². The van der Waals surface area contributed by atoms with Crippen LogP contribution in [0.5, 0.6) is 0 Å². The van der Waals surface area contributed by atoms with E-state index in [0.717, 1.165) is 18.5 Å². The number of benzene rings is 1. The summed E-state index contributed by atoms with van der Waals surface area (Å²) in [4.78, 5) is 0. The summed E-state index contributed by atoms with van der Waals surface area (Å²) in [6, 6.07) is 6.66. The second-order valence-corrected chi connectivity index (χ2v) is 7.98. The highest BCUT2D eigenvalue weighted by atomic mass is 19.1. The van der Waals surface area contributed by atoms with Gasteiger partial charge in [0, 0.05) is 12.2 Å². The molecular weight excluding hydrogens is 251 g/mol. The quantitative estimate of drug-likeness (QED) is 0.870. The average Bonchev–Trinajstić information content (AvgIpc) is 2.24. The molecule has 3 heteroatoms. The minimum atomic E-state index is -0.212. The van der Waals surface area contributed by atoms with E-state index in [0.29, 0.717) is 6.54 Å². The lowest BCUT2D eigenvalue weighted by atomic mass is 9.58. The lowest BCUT2D eigenvalue weighted by Crippen LogP contribution is -2.55. The summed E-state index contributed by atoms with van der Waals surface area (Å²) in [6.07, 6.45) is 3.21. The van der Waals surface area contributed by atoms with Crippen molar-refractivity contribution in [2.75, 3.05) is 11.9 Å². The van der Waals surface area contributed by atoms with Crippen molar-refractivity contribution in [3.8, 4) is 0 Å². The van der Waals surface area contributed by atoms with E-state index in [2.05, 4.69) is 33.0 Å². The highest BCUT2D eigenvalue weighted by molar-refractivity contribution is 5.46. The number of hydrogen-bond acceptors (Lipinski definition) is 2. The Kier molecular flexibility index (Phi) is 3.85. The molecule has 1 aromatic rings. The summed E-state index contributed by atoms with van der Waals surface area (Å²) >= 11 is 0. The summed E-state index contributed by atoms with van der Waals surface area (Å²) in [7, 11) is 0. The summed E-state index contributed by atoms with van der Waals surface area (Å²) in [5.41, 5.74) is 7.25. The van der Waals surface area contributed by atoms with E-state index in [1.165, 1.54) is 12.5 Å². The molecule has 2 nitrogen and oxygen atoms in total. The van der Waals surface area contributed by atoms with Crippen LogP contribution in [0.1, 0.15) is 47.0 Å². The zero-order valence-corrected chi connectivity index (χ0v) is 13.1. The zero-order chi connectivity index (χ0) is 15.0. The third kappa shape index (κ3) is 3.51. The molecule has 0 spiro atoms. The van der Waals surface area contributed by atoms with Crippen LogP contribution in [0.3, 0.4) is 0 Å². The maximum Gasteiger partial charge on any atom is 0.125 e. The number of nitrogens with two attached hydrogens (primary N) is 1. The lowest BCUT2D eigenvalue weighted by molar-refractivity contribution is 0.0623. The fraction of sp³-hybridized carbons (Fsp3) is 0.647. The van der Waals surface area contributed by atoms with E-state index in [4.69, 9.17) is 5.73 Å². The highest BCUT2D eigenvalue weighted by Crippen LogP contribution is 2.50. The Balaban J connectivity index is 2.29. The highest BCUT2D eigenvalue weighted by Gasteiger charge is 2.46. The van der Waals surface area contributed by atoms with E-state index in [1.54, 1.807) is 12.1 Å². The van der Waals surface area contributed by atoms with Gasteiger partial charge in [-0.1, -0.05) is 33.8 Å². The Hall–Kier alpha value is -1.09. The van der Waals surface area contributed by atoms with Crippen molar-refractivity contribution < 1.29 is 4.39 Å². The molecule has 0 atom stereocenters. The SMILES string of the molecule is CC1(C)CC(C)(C)CC(CN)(Nc2cccc(F)c2)C1. The predicted molar refractivity (Wildman–Crippen MR) is 83.2 cm³/mol. The minimum Gasteiger partial charge on any atom is -0.378 e. The Morgan fingerprint density at radius 3 is 2.20 bits per heavy atom. The molecule has 0 saturated heterocycles. The Labute approximate surface area is 121 Å². The molecule has 1 aromatic carbocycles. The van der Waals surface area contributed by atoms with Crippen LogP contribution in [-0.2, 0) is 0 Å². The van der Waals surface area contributed by atoms with Gasteiger partial charge in [-0.15, -0.1) is 0 Å². The molecule has 0 heterocycles. The first-order valence-corrected chi connectivity index (χ1v) is 7.39. The molecular formula is C17H27FN2. The van der Waals surface area contributed by atoms with Gasteiger partial charge in [-0.25, -0.2) is 4.39 Å². The monoisotopic (exact) mass is 278 g/mol. The Morgan fingerprint density at radius 1 is 1.10 bits per heavy atom. The van der Waals surface area contributed by atoms with Crippen LogP contribution in [-0.4, -0.2) is 12.1 Å². The van der Waals surface area contributed by atoms with Gasteiger partial charge in [-0.3, -0.25) is 0 Å². The molecule has 1 saturated carbocycles. The van der Waals surface area contributed by atoms with Gasteiger partial charge in [0.1, 0.15) is 5.82 Å². The number of anilines is 1. The van der Waals surface area contributed by atoms with E-state index in [1.807, 2.05) is 6.07 Å². The minimum absolute atomic E-state index is 0.154. The van der Waals surface area contributed by atoms with Gasteiger partial charge in [-0.05, 0) is 48.3 Å². The summed E-state index contributed by atoms with van der Waals surface area (Å²) in [6.45, 7) is 9.75. The first kappa shape index (κ1) is 15.3. The van der Waals surface area contributed by atoms with Gasteiger partial charge < -0.3 is 11.1 Å². The largest absolute Gasteiger partial charge is 0.378 e. The lowest BCUT2D eigenvalue weighted by Gasteiger charge is -2.52. The van der Waals surface area contributed by atoms with Gasteiger partial charge >= 0.3 is 0 Å². The first-order valence-electron chi connectivity index (χ1n) is 7.39. The summed E-state index contributed by atoms with van der Waals surface area (Å²) in [5, 5.41) is 3.53. The van der Waals surface area contributed by atoms with Crippen molar-refractivity contribution in [3.05, 3.63) is 30.1 Å². The van der Waals surface area contributed by atoms with Crippen molar-refractivity contribution in [3.63, 3.8) is 0 Å². The van der Waals surface area contributed by atoms with Gasteiger partial charge in [0.25, 0.3) is 0 Å². The zero-order valence-electron chi connectivity index (χ0n) is 13.1. The van der Waals surface area contributed by atoms with E-state index < -0.39 is 0 Å². The van der Waals surface area contributed by atoms with E-state index in [-0.39, 0.29) is 22.2 Å². The van der Waals surface area contributed by atoms with Crippen molar-refractivity contribution in [2.24, 2.45) is 16.6 Å². The fourth-order valence-electron chi connectivity index (χ4n) is 4.47. The van der Waals surface area contributed by atoms with Crippen LogP contribution in [0.2, 0.25) is 0 Å². The molecule has 1 fully saturated rings. The molecule has 1 aliphatic rings. The Bertz CT molecular complexity index is 464. The number of hydrogen-bond donors (Lipinski definition) is 2. The second kappa shape index (κ2) is 5.03. The van der Waals surface area contributed by atoms with E-state index in [9.17, 15) is 4.39 Å². The summed E-state index contributed by atoms with van der Waals surface area (Å²) < 4.78 is 13.4. The maximum atomic E-state index is 13.4. The molecule has 2 rings (SSSR count). The third-order valence-corrected chi connectivity index (χ3v) is 4.22. The second-order valence-electron chi connectivity index (χ2n) is 7.98. The molecule has 112 valence electrons. The van der Waals surface area contributed by atoms with Crippen LogP contribution in [0.15, 0.2) is 24.3 Å². The molecule has 0 aliphatic heterocycles. The van der Waals surface area contributed by atoms with Crippen LogP contribution >= 0.6 is 0 Å². The molecule has 0 radical (unpaired) electrons. The standard InChI is InChI=1S/C17H27FN2/c1-15(2)9-16(3,4)11-17(10-15,12-19)20-14-7-5-6-13(18)8-14/h5-8,20H,9-12,19H2,1-4H3. The van der Waals surface area contributed by atoms with Gasteiger partial charge in [0.05, 0.1) is 5.54 Å². The van der Waals surface area contributed by atoms with Gasteiger partial charge in [0.15, 0.2) is 0 Å². The van der Waals surface area contributed by atoms with Crippen molar-refractivity contribution >= 4 is 5.69 Å². The van der Waals surface area contributed by atoms with Gasteiger partial charge in [-0.2, -0.15) is 0 Å². The first-order chi connectivity index (χ1) is 9.15. The van der Waals surface area contributed by atoms with Crippen molar-refractivity contribution in [1.82, 2.24) is 0 Å². The summed E-state index contributed by atoms with van der Waals surface area (Å²) in [5.74, 6) is -0.212. The Morgan fingerprint density at radius 2 is 1.70 bits per heavy atom. The average molecular weight is 278 g/mol. The van der Waals surface area contributed by atoms with Crippen LogP contribution in [0.4, 0.5) is 10.1 Å². The third-order valence-electron chi connectivity index (χ3n) is 4.22. The van der Waals surface area contributed by atoms with E-state index >= 15 is 0 Å².